The molecular weight excluding hydrogens is 318 g/mol. The molecule has 1 aromatic heterocycles. The molecule has 8 heavy (non-hydrogen) atoms. The molecule has 1 heterocycles. The van der Waals surface area contributed by atoms with Crippen LogP contribution in [0.3, 0.4) is 0 Å². The molecule has 0 unspecified atom stereocenters. The van der Waals surface area contributed by atoms with Gasteiger partial charge in [-0.1, -0.05) is 0 Å². The fourth-order valence-electron chi connectivity index (χ4n) is 0.428. The van der Waals surface area contributed by atoms with Crippen molar-refractivity contribution < 1.29 is 28.0 Å². The van der Waals surface area contributed by atoms with Gasteiger partial charge in [0.05, 0.1) is 0 Å². The van der Waals surface area contributed by atoms with E-state index < -0.39 is 0 Å². The Labute approximate surface area is 68.1 Å². The quantitative estimate of drug-likeness (QED) is 0.767. The molecule has 0 N–H and O–H groups in total. The second kappa shape index (κ2) is 2.79. The molecule has 0 spiro atoms. The molecule has 0 saturated carbocycles. The maximum atomic E-state index is 5.05. The third-order valence-corrected chi connectivity index (χ3v) is 2.38. The van der Waals surface area contributed by atoms with Crippen molar-refractivity contribution in [2.24, 2.45) is 0 Å². The van der Waals surface area contributed by atoms with Crippen LogP contribution in [0.2, 0.25) is 0 Å². The number of hydrogen-bond donors (Lipinski definition) is 0. The molecule has 3 heteroatoms. The predicted octanol–water partition coefficient (Wildman–Crippen LogP) is 1.90. The van der Waals surface area contributed by atoms with Crippen LogP contribution in [0.15, 0.2) is 10.8 Å². The molecular formula is C5H5AtOS. The monoisotopic (exact) mass is 323 g/mol. The van der Waals surface area contributed by atoms with Crippen LogP contribution in [0.25, 0.3) is 0 Å². The normalized spacial score (nSPS) is 9.25. The first-order valence-electron chi connectivity index (χ1n) is 2.16. The van der Waals surface area contributed by atoms with Crippen LogP contribution in [-0.2, 0) is 0 Å². The Morgan fingerprint density at radius 3 is 2.62 bits per heavy atom. The Balaban J connectivity index is 2.92. The van der Waals surface area contributed by atoms with E-state index in [4.69, 9.17) is 2.81 Å². The second-order valence-electron chi connectivity index (χ2n) is 1.50. The first-order chi connectivity index (χ1) is 3.84. The van der Waals surface area contributed by atoms with E-state index in [1.54, 1.807) is 11.3 Å². The molecule has 1 rings (SSSR count). The second-order valence-corrected chi connectivity index (χ2v) is 2.84. The number of rotatable bonds is 1. The molecule has 0 aliphatic heterocycles. The van der Waals surface area contributed by atoms with E-state index >= 15 is 0 Å². The van der Waals surface area contributed by atoms with Crippen molar-refractivity contribution in [1.82, 2.24) is 0 Å². The van der Waals surface area contributed by atoms with Gasteiger partial charge in [0, 0.05) is 0 Å². The summed E-state index contributed by atoms with van der Waals surface area (Å²) in [6.07, 6.45) is 0. The third kappa shape index (κ3) is 1.21. The van der Waals surface area contributed by atoms with E-state index in [0.29, 0.717) is 0 Å². The van der Waals surface area contributed by atoms with Crippen LogP contribution in [0.4, 0.5) is 0 Å². The van der Waals surface area contributed by atoms with Gasteiger partial charge in [0.2, 0.25) is 0 Å². The van der Waals surface area contributed by atoms with E-state index in [1.807, 2.05) is 12.3 Å². The van der Waals surface area contributed by atoms with Gasteiger partial charge in [-0.2, -0.15) is 0 Å². The van der Waals surface area contributed by atoms with Gasteiger partial charge in [-0.15, -0.1) is 0 Å². The summed E-state index contributed by atoms with van der Waals surface area (Å²) >= 11 is 3.01. The van der Waals surface area contributed by atoms with Crippen molar-refractivity contribution in [2.45, 2.75) is 6.92 Å². The summed E-state index contributed by atoms with van der Waals surface area (Å²) in [6, 6.07) is 0. The molecule has 0 saturated heterocycles. The Morgan fingerprint density at radius 2 is 2.38 bits per heavy atom. The van der Waals surface area contributed by atoms with E-state index in [0.717, 1.165) is 5.75 Å². The fraction of sp³-hybridized carbons (Fsp3) is 0.200. The van der Waals surface area contributed by atoms with Crippen LogP contribution in [0, 0.1) is 32.1 Å². The zero-order valence-corrected chi connectivity index (χ0v) is 8.10. The Bertz CT molecular complexity index is 173. The van der Waals surface area contributed by atoms with Crippen molar-refractivity contribution in [3.8, 4) is 5.75 Å². The summed E-state index contributed by atoms with van der Waals surface area (Å²) in [4.78, 5) is 0. The summed E-state index contributed by atoms with van der Waals surface area (Å²) < 4.78 is 5.05. The SMILES string of the molecule is Cc1cscc1O[At]. The van der Waals surface area contributed by atoms with E-state index in [9.17, 15) is 0 Å². The third-order valence-electron chi connectivity index (χ3n) is 0.892. The van der Waals surface area contributed by atoms with Gasteiger partial charge in [0.1, 0.15) is 0 Å². The first-order valence-corrected chi connectivity index (χ1v) is 4.30. The van der Waals surface area contributed by atoms with Crippen LogP contribution in [-0.4, -0.2) is 0 Å². The molecule has 0 atom stereocenters. The Hall–Kier alpha value is 0.383. The summed E-state index contributed by atoms with van der Waals surface area (Å²) in [5, 5.41) is 4.09. The average molecular weight is 323 g/mol. The average Bonchev–Trinajstić information content (AvgIpc) is 2.14. The van der Waals surface area contributed by atoms with Gasteiger partial charge in [-0.3, -0.25) is 0 Å². The minimum absolute atomic E-state index is 1.02. The van der Waals surface area contributed by atoms with Crippen molar-refractivity contribution in [1.29, 1.82) is 0 Å². The summed E-state index contributed by atoms with van der Waals surface area (Å²) in [7, 11) is 0. The molecule has 0 aromatic carbocycles. The predicted molar refractivity (Wildman–Crippen MR) is 29.7 cm³/mol. The van der Waals surface area contributed by atoms with Crippen molar-refractivity contribution >= 4 is 11.3 Å². The van der Waals surface area contributed by atoms with E-state index in [1.165, 1.54) is 30.7 Å². The standard InChI is InChI=1S/C5H5AtOS/c1-4-2-8-3-5(4)7-6/h2-3H,1H3. The van der Waals surface area contributed by atoms with Crippen LogP contribution in [0.1, 0.15) is 5.56 Å². The zero-order valence-electron chi connectivity index (χ0n) is 4.35. The zero-order chi connectivity index (χ0) is 5.98. The van der Waals surface area contributed by atoms with Gasteiger partial charge in [-0.05, 0) is 0 Å². The molecule has 0 aliphatic carbocycles. The molecule has 1 nitrogen and oxygen atoms in total. The van der Waals surface area contributed by atoms with Gasteiger partial charge >= 0.3 is 68.3 Å². The molecule has 0 bridgehead atoms. The number of thiophene rings is 1. The van der Waals surface area contributed by atoms with Gasteiger partial charge in [-0.25, -0.2) is 0 Å². The summed E-state index contributed by atoms with van der Waals surface area (Å²) in [6.45, 7) is 2.05. The van der Waals surface area contributed by atoms with Crippen LogP contribution in [0.5, 0.6) is 5.75 Å². The summed E-state index contributed by atoms with van der Waals surface area (Å²) in [5.74, 6) is 1.02. The van der Waals surface area contributed by atoms with E-state index in [-0.39, 0.29) is 0 Å². The summed E-state index contributed by atoms with van der Waals surface area (Å²) in [5.41, 5.74) is 1.23. The Kier molecular flexibility index (Phi) is 2.27. The molecule has 0 aliphatic rings. The molecule has 44 valence electrons. The molecule has 1 aromatic rings. The molecule has 0 radical (unpaired) electrons. The van der Waals surface area contributed by atoms with Crippen molar-refractivity contribution in [2.75, 3.05) is 0 Å². The molecule has 0 amide bonds. The minimum atomic E-state index is 1.02. The van der Waals surface area contributed by atoms with Gasteiger partial charge in [0.15, 0.2) is 0 Å². The van der Waals surface area contributed by atoms with Gasteiger partial charge in [0.25, 0.3) is 0 Å². The first kappa shape index (κ1) is 6.50. The molecule has 0 fully saturated rings. The van der Waals surface area contributed by atoms with Crippen molar-refractivity contribution in [3.05, 3.63) is 16.3 Å². The fourth-order valence-corrected chi connectivity index (χ4v) is 2.06. The van der Waals surface area contributed by atoms with Crippen LogP contribution < -0.4 is 2.81 Å². The van der Waals surface area contributed by atoms with Crippen LogP contribution >= 0.6 is 11.3 Å². The topological polar surface area (TPSA) is 9.23 Å². The van der Waals surface area contributed by atoms with E-state index in [2.05, 4.69) is 5.38 Å². The van der Waals surface area contributed by atoms with Gasteiger partial charge < -0.3 is 0 Å². The number of aryl methyl sites for hydroxylation is 1. The maximum absolute atomic E-state index is 5.05. The number of hydrogen-bond acceptors (Lipinski definition) is 2. The Morgan fingerprint density at radius 1 is 1.62 bits per heavy atom. The van der Waals surface area contributed by atoms with Crippen molar-refractivity contribution in [3.63, 3.8) is 0 Å².